The first-order chi connectivity index (χ1) is 10.6. The molecule has 0 spiro atoms. The number of urea groups is 1. The van der Waals surface area contributed by atoms with Crippen LogP contribution in [0.2, 0.25) is 0 Å². The van der Waals surface area contributed by atoms with Crippen LogP contribution in [0.15, 0.2) is 24.3 Å². The van der Waals surface area contributed by atoms with Crippen molar-refractivity contribution in [3.63, 3.8) is 0 Å². The van der Waals surface area contributed by atoms with Gasteiger partial charge in [-0.15, -0.1) is 0 Å². The average Bonchev–Trinajstić information content (AvgIpc) is 2.90. The maximum atomic E-state index is 13.1. The van der Waals surface area contributed by atoms with E-state index in [1.54, 1.807) is 11.0 Å². The maximum Gasteiger partial charge on any atom is 0.318 e. The molecule has 1 aromatic carbocycles. The van der Waals surface area contributed by atoms with Crippen molar-refractivity contribution in [3.8, 4) is 0 Å². The van der Waals surface area contributed by atoms with Crippen LogP contribution >= 0.6 is 0 Å². The fraction of sp³-hybridized carbons (Fsp3) is 0.500. The van der Waals surface area contributed by atoms with Gasteiger partial charge in [-0.1, -0.05) is 25.3 Å². The first-order valence-corrected chi connectivity index (χ1v) is 7.77. The molecule has 2 N–H and O–H groups in total. The number of benzene rings is 1. The van der Waals surface area contributed by atoms with Crippen molar-refractivity contribution in [2.45, 2.75) is 44.2 Å². The van der Waals surface area contributed by atoms with Crippen molar-refractivity contribution in [3.05, 3.63) is 30.1 Å². The molecule has 0 radical (unpaired) electrons. The van der Waals surface area contributed by atoms with Gasteiger partial charge in [0.05, 0.1) is 6.54 Å². The van der Waals surface area contributed by atoms with Crippen LogP contribution in [0.1, 0.15) is 32.1 Å². The van der Waals surface area contributed by atoms with Gasteiger partial charge in [0.1, 0.15) is 11.9 Å². The van der Waals surface area contributed by atoms with Crippen molar-refractivity contribution in [2.24, 2.45) is 0 Å². The topological polar surface area (TPSA) is 61.4 Å². The Kier molecular flexibility index (Phi) is 4.27. The molecule has 1 aromatic rings. The highest BCUT2D eigenvalue weighted by atomic mass is 19.1. The van der Waals surface area contributed by atoms with Crippen molar-refractivity contribution in [1.29, 1.82) is 0 Å². The maximum absolute atomic E-state index is 13.1. The van der Waals surface area contributed by atoms with E-state index < -0.39 is 11.9 Å². The third-order valence-electron chi connectivity index (χ3n) is 4.36. The van der Waals surface area contributed by atoms with E-state index in [1.165, 1.54) is 24.6 Å². The van der Waals surface area contributed by atoms with Crippen LogP contribution in [0.3, 0.4) is 0 Å². The smallest absolute Gasteiger partial charge is 0.318 e. The van der Waals surface area contributed by atoms with Crippen LogP contribution in [0.4, 0.5) is 14.9 Å². The molecular formula is C16H20FN3O2. The zero-order chi connectivity index (χ0) is 15.5. The van der Waals surface area contributed by atoms with E-state index >= 15 is 0 Å². The highest BCUT2D eigenvalue weighted by molar-refractivity contribution is 5.98. The molecule has 118 valence electrons. The van der Waals surface area contributed by atoms with Gasteiger partial charge < -0.3 is 15.5 Å². The number of carbonyl (C=O) groups excluding carboxylic acids is 2. The van der Waals surface area contributed by atoms with Crippen molar-refractivity contribution >= 4 is 17.6 Å². The van der Waals surface area contributed by atoms with Crippen molar-refractivity contribution < 1.29 is 14.0 Å². The molecule has 1 aliphatic carbocycles. The molecule has 3 amide bonds. The van der Waals surface area contributed by atoms with Crippen LogP contribution in [0.25, 0.3) is 0 Å². The highest BCUT2D eigenvalue weighted by Crippen LogP contribution is 2.24. The molecule has 1 unspecified atom stereocenters. The lowest BCUT2D eigenvalue weighted by molar-refractivity contribution is -0.117. The molecule has 1 atom stereocenters. The number of nitrogens with one attached hydrogen (secondary N) is 2. The summed E-state index contributed by atoms with van der Waals surface area (Å²) in [6.45, 7) is 0.380. The number of halogens is 1. The van der Waals surface area contributed by atoms with Crippen LogP contribution in [-0.2, 0) is 4.79 Å². The van der Waals surface area contributed by atoms with E-state index in [9.17, 15) is 14.0 Å². The molecule has 1 saturated carbocycles. The molecule has 2 aliphatic rings. The predicted molar refractivity (Wildman–Crippen MR) is 80.9 cm³/mol. The summed E-state index contributed by atoms with van der Waals surface area (Å²) in [6, 6.07) is 5.21. The molecule has 1 saturated heterocycles. The molecular weight excluding hydrogens is 285 g/mol. The Hall–Kier alpha value is -2.11. The van der Waals surface area contributed by atoms with Gasteiger partial charge in [0, 0.05) is 11.7 Å². The van der Waals surface area contributed by atoms with Gasteiger partial charge in [-0.05, 0) is 31.0 Å². The lowest BCUT2D eigenvalue weighted by atomic mass is 9.94. The van der Waals surface area contributed by atoms with Gasteiger partial charge in [-0.25, -0.2) is 9.18 Å². The average molecular weight is 305 g/mol. The Morgan fingerprint density at radius 1 is 1.27 bits per heavy atom. The molecule has 1 aliphatic heterocycles. The van der Waals surface area contributed by atoms with Crippen LogP contribution in [0, 0.1) is 5.82 Å². The lowest BCUT2D eigenvalue weighted by Crippen LogP contribution is -2.39. The van der Waals surface area contributed by atoms with Gasteiger partial charge in [0.15, 0.2) is 0 Å². The third-order valence-corrected chi connectivity index (χ3v) is 4.36. The minimum atomic E-state index is -0.585. The lowest BCUT2D eigenvalue weighted by Gasteiger charge is -2.30. The van der Waals surface area contributed by atoms with Crippen LogP contribution < -0.4 is 10.6 Å². The number of amides is 3. The molecule has 2 fully saturated rings. The Labute approximate surface area is 128 Å². The fourth-order valence-electron chi connectivity index (χ4n) is 3.21. The normalized spacial score (nSPS) is 22.5. The summed E-state index contributed by atoms with van der Waals surface area (Å²) in [5.74, 6) is -0.714. The van der Waals surface area contributed by atoms with Gasteiger partial charge in [0.25, 0.3) is 0 Å². The molecule has 1 heterocycles. The van der Waals surface area contributed by atoms with Gasteiger partial charge in [-0.3, -0.25) is 4.79 Å². The summed E-state index contributed by atoms with van der Waals surface area (Å²) < 4.78 is 13.1. The van der Waals surface area contributed by atoms with E-state index in [2.05, 4.69) is 10.6 Å². The number of anilines is 1. The first kappa shape index (κ1) is 14.8. The molecule has 5 nitrogen and oxygen atoms in total. The quantitative estimate of drug-likeness (QED) is 0.901. The second kappa shape index (κ2) is 6.34. The SMILES string of the molecule is O=C(Nc1cccc(F)c1)C1CN(C2CCCCC2)C(=O)N1. The summed E-state index contributed by atoms with van der Waals surface area (Å²) in [5.41, 5.74) is 0.398. The minimum absolute atomic E-state index is 0.175. The summed E-state index contributed by atoms with van der Waals surface area (Å²) in [5, 5.41) is 5.37. The minimum Gasteiger partial charge on any atom is -0.324 e. The Morgan fingerprint density at radius 2 is 2.05 bits per heavy atom. The van der Waals surface area contributed by atoms with Crippen molar-refractivity contribution in [2.75, 3.05) is 11.9 Å². The van der Waals surface area contributed by atoms with E-state index in [1.807, 2.05) is 0 Å². The number of nitrogens with zero attached hydrogens (tertiary/aromatic N) is 1. The molecule has 22 heavy (non-hydrogen) atoms. The zero-order valence-corrected chi connectivity index (χ0v) is 12.3. The van der Waals surface area contributed by atoms with Crippen LogP contribution in [-0.4, -0.2) is 35.5 Å². The first-order valence-electron chi connectivity index (χ1n) is 7.77. The van der Waals surface area contributed by atoms with E-state index in [-0.39, 0.29) is 18.0 Å². The van der Waals surface area contributed by atoms with Gasteiger partial charge in [-0.2, -0.15) is 0 Å². The highest BCUT2D eigenvalue weighted by Gasteiger charge is 2.37. The van der Waals surface area contributed by atoms with E-state index in [0.29, 0.717) is 12.2 Å². The largest absolute Gasteiger partial charge is 0.324 e. The Morgan fingerprint density at radius 3 is 2.77 bits per heavy atom. The second-order valence-corrected chi connectivity index (χ2v) is 5.95. The van der Waals surface area contributed by atoms with Crippen LogP contribution in [0.5, 0.6) is 0 Å². The summed E-state index contributed by atoms with van der Waals surface area (Å²) in [4.78, 5) is 26.1. The standard InChI is InChI=1S/C16H20FN3O2/c17-11-5-4-6-12(9-11)18-15(21)14-10-20(16(22)19-14)13-7-2-1-3-8-13/h4-6,9,13-14H,1-3,7-8,10H2,(H,18,21)(H,19,22). The monoisotopic (exact) mass is 305 g/mol. The van der Waals surface area contributed by atoms with Gasteiger partial charge in [0.2, 0.25) is 5.91 Å². The zero-order valence-electron chi connectivity index (χ0n) is 12.3. The van der Waals surface area contributed by atoms with Gasteiger partial charge >= 0.3 is 6.03 Å². The summed E-state index contributed by atoms with van der Waals surface area (Å²) >= 11 is 0. The van der Waals surface area contributed by atoms with Crippen molar-refractivity contribution in [1.82, 2.24) is 10.2 Å². The molecule has 0 aromatic heterocycles. The number of rotatable bonds is 3. The molecule has 6 heteroatoms. The summed E-state index contributed by atoms with van der Waals surface area (Å²) in [6.07, 6.45) is 5.50. The second-order valence-electron chi connectivity index (χ2n) is 5.95. The molecule has 0 bridgehead atoms. The number of hydrogen-bond donors (Lipinski definition) is 2. The summed E-state index contributed by atoms with van der Waals surface area (Å²) in [7, 11) is 0. The number of carbonyl (C=O) groups is 2. The third kappa shape index (κ3) is 3.21. The van der Waals surface area contributed by atoms with E-state index in [0.717, 1.165) is 25.7 Å². The van der Waals surface area contributed by atoms with E-state index in [4.69, 9.17) is 0 Å². The predicted octanol–water partition coefficient (Wildman–Crippen LogP) is 2.49. The number of hydrogen-bond acceptors (Lipinski definition) is 2. The fourth-order valence-corrected chi connectivity index (χ4v) is 3.21. The Bertz CT molecular complexity index is 572. The molecule has 3 rings (SSSR count). The Balaban J connectivity index is 1.61.